The lowest BCUT2D eigenvalue weighted by Gasteiger charge is -2.14. The Bertz CT molecular complexity index is 652. The number of benzene rings is 1. The number of halogens is 1. The minimum atomic E-state index is -3.85. The molecule has 0 fully saturated rings. The Morgan fingerprint density at radius 1 is 1.55 bits per heavy atom. The summed E-state index contributed by atoms with van der Waals surface area (Å²) in [5, 5.41) is 17.6. The van der Waals surface area contributed by atoms with Gasteiger partial charge in [0, 0.05) is 10.5 Å². The van der Waals surface area contributed by atoms with E-state index in [1.807, 2.05) is 6.07 Å². The van der Waals surface area contributed by atoms with Crippen LogP contribution >= 0.6 is 15.9 Å². The summed E-state index contributed by atoms with van der Waals surface area (Å²) in [6.07, 6.45) is 0.521. The number of rotatable bonds is 6. The minimum Gasteiger partial charge on any atom is -0.478 e. The van der Waals surface area contributed by atoms with E-state index in [4.69, 9.17) is 10.4 Å². The van der Waals surface area contributed by atoms with Gasteiger partial charge in [-0.2, -0.15) is 5.26 Å². The first-order chi connectivity index (χ1) is 9.31. The average molecular weight is 361 g/mol. The van der Waals surface area contributed by atoms with Gasteiger partial charge >= 0.3 is 5.97 Å². The quantitative estimate of drug-likeness (QED) is 0.807. The number of hydrogen-bond donors (Lipinski definition) is 2. The summed E-state index contributed by atoms with van der Waals surface area (Å²) >= 11 is 3.05. The first kappa shape index (κ1) is 16.6. The van der Waals surface area contributed by atoms with Gasteiger partial charge < -0.3 is 5.11 Å². The number of carboxylic acids is 1. The lowest BCUT2D eigenvalue weighted by atomic mass is 10.2. The third-order valence-corrected chi connectivity index (χ3v) is 4.84. The highest BCUT2D eigenvalue weighted by Crippen LogP contribution is 2.21. The third kappa shape index (κ3) is 4.03. The van der Waals surface area contributed by atoms with Gasteiger partial charge in [-0.05, 0) is 40.5 Å². The van der Waals surface area contributed by atoms with Crippen molar-refractivity contribution in [3.8, 4) is 6.07 Å². The van der Waals surface area contributed by atoms with Gasteiger partial charge in [-0.25, -0.2) is 17.9 Å². The highest BCUT2D eigenvalue weighted by Gasteiger charge is 2.21. The number of aromatic carboxylic acids is 1. The van der Waals surface area contributed by atoms with Gasteiger partial charge in [-0.3, -0.25) is 0 Å². The molecule has 0 saturated carbocycles. The second kappa shape index (κ2) is 6.83. The van der Waals surface area contributed by atoms with Crippen molar-refractivity contribution in [2.24, 2.45) is 0 Å². The van der Waals surface area contributed by atoms with Crippen LogP contribution in [-0.4, -0.2) is 25.5 Å². The number of nitriles is 1. The summed E-state index contributed by atoms with van der Waals surface area (Å²) < 4.78 is 27.0. The smallest absolute Gasteiger partial charge is 0.336 e. The Labute approximate surface area is 125 Å². The molecular weight excluding hydrogens is 348 g/mol. The zero-order valence-corrected chi connectivity index (χ0v) is 13.0. The van der Waals surface area contributed by atoms with E-state index in [1.54, 1.807) is 6.92 Å². The lowest BCUT2D eigenvalue weighted by Crippen LogP contribution is -2.34. The van der Waals surface area contributed by atoms with Gasteiger partial charge in [0.1, 0.15) is 0 Å². The molecule has 0 radical (unpaired) electrons. The van der Waals surface area contributed by atoms with Crippen LogP contribution in [0, 0.1) is 11.3 Å². The number of nitrogens with zero attached hydrogens (tertiary/aromatic N) is 1. The molecule has 6 nitrogen and oxygen atoms in total. The normalized spacial score (nSPS) is 12.7. The molecule has 20 heavy (non-hydrogen) atoms. The van der Waals surface area contributed by atoms with Crippen molar-refractivity contribution in [3.05, 3.63) is 28.2 Å². The predicted octanol–water partition coefficient (Wildman–Crippen LogP) is 2.12. The fourth-order valence-corrected chi connectivity index (χ4v) is 3.26. The maximum absolute atomic E-state index is 12.1. The van der Waals surface area contributed by atoms with Gasteiger partial charge in [-0.15, -0.1) is 0 Å². The highest BCUT2D eigenvalue weighted by atomic mass is 79.9. The van der Waals surface area contributed by atoms with Crippen LogP contribution in [0.15, 0.2) is 27.6 Å². The molecule has 0 heterocycles. The number of hydrogen-bond acceptors (Lipinski definition) is 4. The van der Waals surface area contributed by atoms with E-state index in [1.165, 1.54) is 12.1 Å². The topological polar surface area (TPSA) is 107 Å². The first-order valence-corrected chi connectivity index (χ1v) is 8.01. The zero-order chi connectivity index (χ0) is 15.3. The number of carbonyl (C=O) groups is 1. The number of sulfonamides is 1. The van der Waals surface area contributed by atoms with Crippen LogP contribution in [0.5, 0.6) is 0 Å². The largest absolute Gasteiger partial charge is 0.478 e. The molecule has 2 N–H and O–H groups in total. The molecule has 1 aromatic rings. The van der Waals surface area contributed by atoms with Crippen molar-refractivity contribution in [2.75, 3.05) is 0 Å². The zero-order valence-electron chi connectivity index (χ0n) is 10.6. The Morgan fingerprint density at radius 3 is 2.70 bits per heavy atom. The molecule has 1 rings (SSSR count). The average Bonchev–Trinajstić information content (AvgIpc) is 2.37. The summed E-state index contributed by atoms with van der Waals surface area (Å²) in [7, 11) is -3.85. The standard InChI is InChI=1S/C12H13BrN2O4S/c1-2-8(5-6-14)15-20(18,19)9-3-4-11(13)10(7-9)12(16)17/h3-4,7-8,15H,2,5H2,1H3,(H,16,17). The van der Waals surface area contributed by atoms with E-state index in [9.17, 15) is 13.2 Å². The molecule has 1 unspecified atom stereocenters. The van der Waals surface area contributed by atoms with E-state index in [0.29, 0.717) is 10.9 Å². The van der Waals surface area contributed by atoms with E-state index in [0.717, 1.165) is 6.07 Å². The van der Waals surface area contributed by atoms with Crippen LogP contribution in [-0.2, 0) is 10.0 Å². The molecule has 0 aromatic heterocycles. The molecule has 1 atom stereocenters. The fourth-order valence-electron chi connectivity index (χ4n) is 1.50. The van der Waals surface area contributed by atoms with Crippen LogP contribution in [0.2, 0.25) is 0 Å². The molecular formula is C12H13BrN2O4S. The summed E-state index contributed by atoms with van der Waals surface area (Å²) in [5.41, 5.74) is -0.138. The van der Waals surface area contributed by atoms with Gasteiger partial charge in [-0.1, -0.05) is 6.92 Å². The summed E-state index contributed by atoms with van der Waals surface area (Å²) in [6, 6.07) is 5.15. The van der Waals surface area contributed by atoms with Crippen LogP contribution in [0.1, 0.15) is 30.1 Å². The Balaban J connectivity index is 3.13. The maximum Gasteiger partial charge on any atom is 0.336 e. The van der Waals surface area contributed by atoms with Crippen molar-refractivity contribution in [2.45, 2.75) is 30.7 Å². The first-order valence-electron chi connectivity index (χ1n) is 5.74. The predicted molar refractivity (Wildman–Crippen MR) is 75.7 cm³/mol. The molecule has 0 aliphatic heterocycles. The van der Waals surface area contributed by atoms with E-state index in [-0.39, 0.29) is 16.9 Å². The second-order valence-electron chi connectivity index (χ2n) is 4.04. The van der Waals surface area contributed by atoms with E-state index >= 15 is 0 Å². The molecule has 0 spiro atoms. The SMILES string of the molecule is CCC(CC#N)NS(=O)(=O)c1ccc(Br)c(C(=O)O)c1. The van der Waals surface area contributed by atoms with Crippen LogP contribution in [0.4, 0.5) is 0 Å². The number of carboxylic acid groups (broad SMARTS) is 1. The molecule has 0 aliphatic rings. The van der Waals surface area contributed by atoms with Crippen molar-refractivity contribution in [1.82, 2.24) is 4.72 Å². The van der Waals surface area contributed by atoms with E-state index < -0.39 is 22.0 Å². The van der Waals surface area contributed by atoms with Crippen LogP contribution in [0.3, 0.4) is 0 Å². The summed E-state index contributed by atoms with van der Waals surface area (Å²) in [4.78, 5) is 10.8. The lowest BCUT2D eigenvalue weighted by molar-refractivity contribution is 0.0695. The molecule has 0 amide bonds. The van der Waals surface area contributed by atoms with Crippen molar-refractivity contribution in [3.63, 3.8) is 0 Å². The molecule has 0 bridgehead atoms. The molecule has 108 valence electrons. The van der Waals surface area contributed by atoms with E-state index in [2.05, 4.69) is 20.7 Å². The molecule has 0 saturated heterocycles. The van der Waals surface area contributed by atoms with Gasteiger partial charge in [0.2, 0.25) is 10.0 Å². The molecule has 0 aliphatic carbocycles. The Morgan fingerprint density at radius 2 is 2.20 bits per heavy atom. The minimum absolute atomic E-state index is 0.0536. The fraction of sp³-hybridized carbons (Fsp3) is 0.333. The summed E-state index contributed by atoms with van der Waals surface area (Å²) in [5.74, 6) is -1.22. The number of nitrogens with one attached hydrogen (secondary N) is 1. The van der Waals surface area contributed by atoms with Crippen LogP contribution < -0.4 is 4.72 Å². The Hall–Kier alpha value is -1.43. The summed E-state index contributed by atoms with van der Waals surface area (Å²) in [6.45, 7) is 1.76. The van der Waals surface area contributed by atoms with Crippen LogP contribution in [0.25, 0.3) is 0 Å². The van der Waals surface area contributed by atoms with Gasteiger partial charge in [0.25, 0.3) is 0 Å². The van der Waals surface area contributed by atoms with Crippen molar-refractivity contribution < 1.29 is 18.3 Å². The third-order valence-electron chi connectivity index (χ3n) is 2.63. The monoisotopic (exact) mass is 360 g/mol. The van der Waals surface area contributed by atoms with Gasteiger partial charge in [0.15, 0.2) is 0 Å². The Kier molecular flexibility index (Phi) is 5.68. The van der Waals surface area contributed by atoms with Gasteiger partial charge in [0.05, 0.1) is 22.9 Å². The van der Waals surface area contributed by atoms with Crippen molar-refractivity contribution in [1.29, 1.82) is 5.26 Å². The molecule has 8 heteroatoms. The van der Waals surface area contributed by atoms with Crippen molar-refractivity contribution >= 4 is 31.9 Å². The maximum atomic E-state index is 12.1. The molecule has 1 aromatic carbocycles. The second-order valence-corrected chi connectivity index (χ2v) is 6.60. The highest BCUT2D eigenvalue weighted by molar-refractivity contribution is 9.10.